The van der Waals surface area contributed by atoms with Crippen LogP contribution in [0, 0.1) is 11.2 Å². The van der Waals surface area contributed by atoms with Crippen LogP contribution in [0.5, 0.6) is 0 Å². The van der Waals surface area contributed by atoms with Crippen LogP contribution < -0.4 is 4.90 Å². The number of unbranched alkanes of at least 4 members (excludes halogenated alkanes) is 1. The van der Waals surface area contributed by atoms with Gasteiger partial charge in [-0.05, 0) is 47.3 Å². The van der Waals surface area contributed by atoms with Crippen LogP contribution in [0.2, 0.25) is 0 Å². The number of ether oxygens (including phenoxy) is 1. The standard InChI is InChI=1S/C20H24BrFN4O2/c1-2-3-10-28-19(27)25-8-6-20(7-9-25)11-26(12-20)18-16-15(23-13-24-18)5-4-14(21)17(16)22/h4-5,13H,2-3,6-12H2,1H3. The molecule has 2 aliphatic rings. The van der Waals surface area contributed by atoms with Gasteiger partial charge in [-0.2, -0.15) is 0 Å². The predicted molar refractivity (Wildman–Crippen MR) is 109 cm³/mol. The van der Waals surface area contributed by atoms with Crippen LogP contribution in [0.15, 0.2) is 22.9 Å². The lowest BCUT2D eigenvalue weighted by molar-refractivity contribution is 0.0524. The van der Waals surface area contributed by atoms with Gasteiger partial charge in [-0.1, -0.05) is 13.3 Å². The number of benzene rings is 1. The fourth-order valence-electron chi connectivity index (χ4n) is 4.10. The summed E-state index contributed by atoms with van der Waals surface area (Å²) in [5.74, 6) is 0.328. The number of likely N-dealkylation sites (tertiary alicyclic amines) is 1. The second kappa shape index (κ2) is 7.81. The Morgan fingerprint density at radius 1 is 1.29 bits per heavy atom. The molecule has 0 radical (unpaired) electrons. The predicted octanol–water partition coefficient (Wildman–Crippen LogP) is 4.37. The van der Waals surface area contributed by atoms with Crippen LogP contribution in [0.1, 0.15) is 32.6 Å². The van der Waals surface area contributed by atoms with E-state index in [-0.39, 0.29) is 17.3 Å². The smallest absolute Gasteiger partial charge is 0.409 e. The van der Waals surface area contributed by atoms with Gasteiger partial charge in [-0.15, -0.1) is 0 Å². The van der Waals surface area contributed by atoms with E-state index in [1.807, 2.05) is 0 Å². The van der Waals surface area contributed by atoms with Crippen molar-refractivity contribution in [2.24, 2.45) is 5.41 Å². The lowest BCUT2D eigenvalue weighted by Gasteiger charge is -2.54. The topological polar surface area (TPSA) is 58.6 Å². The molecule has 3 heterocycles. The van der Waals surface area contributed by atoms with Crippen LogP contribution in [0.25, 0.3) is 10.9 Å². The first kappa shape index (κ1) is 19.4. The fourth-order valence-corrected chi connectivity index (χ4v) is 4.43. The lowest BCUT2D eigenvalue weighted by Crippen LogP contribution is -2.61. The van der Waals surface area contributed by atoms with Crippen molar-refractivity contribution in [2.45, 2.75) is 32.6 Å². The third kappa shape index (κ3) is 3.54. The molecule has 0 aliphatic carbocycles. The summed E-state index contributed by atoms with van der Waals surface area (Å²) in [6, 6.07) is 3.47. The normalized spacial score (nSPS) is 18.4. The Morgan fingerprint density at radius 2 is 2.04 bits per heavy atom. The molecule has 2 aliphatic heterocycles. The van der Waals surface area contributed by atoms with E-state index in [1.165, 1.54) is 6.33 Å². The van der Waals surface area contributed by atoms with E-state index in [4.69, 9.17) is 4.74 Å². The first-order chi connectivity index (χ1) is 13.5. The van der Waals surface area contributed by atoms with E-state index in [1.54, 1.807) is 17.0 Å². The number of carbonyl (C=O) groups is 1. The van der Waals surface area contributed by atoms with Gasteiger partial charge < -0.3 is 14.5 Å². The number of hydrogen-bond acceptors (Lipinski definition) is 5. The number of aromatic nitrogens is 2. The SMILES string of the molecule is CCCCOC(=O)N1CCC2(CC1)CN(c1ncnc3ccc(Br)c(F)c13)C2. The molecule has 0 bridgehead atoms. The zero-order valence-corrected chi connectivity index (χ0v) is 17.5. The first-order valence-electron chi connectivity index (χ1n) is 9.78. The average molecular weight is 451 g/mol. The van der Waals surface area contributed by atoms with Crippen molar-refractivity contribution in [2.75, 3.05) is 37.7 Å². The molecule has 1 amide bonds. The highest BCUT2D eigenvalue weighted by atomic mass is 79.9. The van der Waals surface area contributed by atoms with Gasteiger partial charge in [0.25, 0.3) is 0 Å². The summed E-state index contributed by atoms with van der Waals surface area (Å²) in [6.45, 7) is 5.64. The molecule has 0 N–H and O–H groups in total. The maximum atomic E-state index is 14.7. The summed E-state index contributed by atoms with van der Waals surface area (Å²) in [4.78, 5) is 24.6. The van der Waals surface area contributed by atoms with Crippen molar-refractivity contribution < 1.29 is 13.9 Å². The Bertz CT molecular complexity index is 878. The van der Waals surface area contributed by atoms with E-state index in [9.17, 15) is 9.18 Å². The zero-order chi connectivity index (χ0) is 19.7. The molecule has 150 valence electrons. The second-order valence-electron chi connectivity index (χ2n) is 7.76. The number of hydrogen-bond donors (Lipinski definition) is 0. The molecule has 0 unspecified atom stereocenters. The molecule has 6 nitrogen and oxygen atoms in total. The molecule has 4 rings (SSSR count). The molecular formula is C20H24BrFN4O2. The highest BCUT2D eigenvalue weighted by Crippen LogP contribution is 2.44. The summed E-state index contributed by atoms with van der Waals surface area (Å²) in [5, 5.41) is 0.462. The maximum Gasteiger partial charge on any atom is 0.409 e. The summed E-state index contributed by atoms with van der Waals surface area (Å²) >= 11 is 3.25. The fraction of sp³-hybridized carbons (Fsp3) is 0.550. The number of carbonyl (C=O) groups excluding carboxylic acids is 1. The number of piperidine rings is 1. The summed E-state index contributed by atoms with van der Waals surface area (Å²) < 4.78 is 20.4. The van der Waals surface area contributed by atoms with Gasteiger partial charge >= 0.3 is 6.09 Å². The van der Waals surface area contributed by atoms with E-state index < -0.39 is 0 Å². The minimum absolute atomic E-state index is 0.167. The highest BCUT2D eigenvalue weighted by molar-refractivity contribution is 9.10. The number of anilines is 1. The van der Waals surface area contributed by atoms with Gasteiger partial charge in [0.15, 0.2) is 0 Å². The van der Waals surface area contributed by atoms with E-state index in [0.29, 0.717) is 40.9 Å². The number of fused-ring (bicyclic) bond motifs is 1. The van der Waals surface area contributed by atoms with Gasteiger partial charge in [0.1, 0.15) is 18.0 Å². The third-order valence-electron chi connectivity index (χ3n) is 5.83. The molecule has 1 aromatic carbocycles. The summed E-state index contributed by atoms with van der Waals surface area (Å²) in [7, 11) is 0. The summed E-state index contributed by atoms with van der Waals surface area (Å²) in [6.07, 6.45) is 5.07. The Kier molecular flexibility index (Phi) is 5.40. The van der Waals surface area contributed by atoms with Crippen molar-refractivity contribution in [1.82, 2.24) is 14.9 Å². The minimum Gasteiger partial charge on any atom is -0.449 e. The third-order valence-corrected chi connectivity index (χ3v) is 6.44. The quantitative estimate of drug-likeness (QED) is 0.647. The van der Waals surface area contributed by atoms with Crippen molar-refractivity contribution in [3.63, 3.8) is 0 Å². The molecule has 1 spiro atoms. The molecule has 2 fully saturated rings. The van der Waals surface area contributed by atoms with Crippen molar-refractivity contribution in [3.05, 3.63) is 28.7 Å². The Hall–Kier alpha value is -1.96. The molecule has 0 atom stereocenters. The van der Waals surface area contributed by atoms with Crippen LogP contribution in [-0.2, 0) is 4.74 Å². The molecular weight excluding hydrogens is 427 g/mol. The second-order valence-corrected chi connectivity index (χ2v) is 8.62. The van der Waals surface area contributed by atoms with Gasteiger partial charge in [0, 0.05) is 31.6 Å². The lowest BCUT2D eigenvalue weighted by atomic mass is 9.72. The van der Waals surface area contributed by atoms with Crippen LogP contribution in [0.3, 0.4) is 0 Å². The van der Waals surface area contributed by atoms with Gasteiger partial charge in [0.2, 0.25) is 0 Å². The molecule has 2 saturated heterocycles. The van der Waals surface area contributed by atoms with E-state index in [2.05, 4.69) is 37.7 Å². The van der Waals surface area contributed by atoms with E-state index in [0.717, 1.165) is 38.8 Å². The largest absolute Gasteiger partial charge is 0.449 e. The molecule has 2 aromatic rings. The molecule has 28 heavy (non-hydrogen) atoms. The molecule has 8 heteroatoms. The van der Waals surface area contributed by atoms with Gasteiger partial charge in [0.05, 0.1) is 22.0 Å². The number of halogens is 2. The van der Waals surface area contributed by atoms with Crippen molar-refractivity contribution in [1.29, 1.82) is 0 Å². The Balaban J connectivity index is 1.40. The first-order valence-corrected chi connectivity index (χ1v) is 10.6. The zero-order valence-electron chi connectivity index (χ0n) is 16.0. The monoisotopic (exact) mass is 450 g/mol. The summed E-state index contributed by atoms with van der Waals surface area (Å²) in [5.41, 5.74) is 0.774. The van der Waals surface area contributed by atoms with Gasteiger partial charge in [-0.3, -0.25) is 0 Å². The maximum absolute atomic E-state index is 14.7. The number of nitrogens with zero attached hydrogens (tertiary/aromatic N) is 4. The van der Waals surface area contributed by atoms with Crippen molar-refractivity contribution >= 4 is 38.7 Å². The van der Waals surface area contributed by atoms with Crippen molar-refractivity contribution in [3.8, 4) is 0 Å². The minimum atomic E-state index is -0.321. The Morgan fingerprint density at radius 3 is 2.75 bits per heavy atom. The highest BCUT2D eigenvalue weighted by Gasteiger charge is 2.46. The molecule has 0 saturated carbocycles. The van der Waals surface area contributed by atoms with Crippen LogP contribution in [0.4, 0.5) is 15.0 Å². The van der Waals surface area contributed by atoms with Crippen LogP contribution in [-0.4, -0.2) is 53.7 Å². The average Bonchev–Trinajstić information content (AvgIpc) is 2.69. The number of amides is 1. The molecule has 1 aromatic heterocycles. The Labute approximate surface area is 172 Å². The van der Waals surface area contributed by atoms with E-state index >= 15 is 0 Å². The van der Waals surface area contributed by atoms with Gasteiger partial charge in [-0.25, -0.2) is 19.2 Å². The van der Waals surface area contributed by atoms with Crippen LogP contribution >= 0.6 is 15.9 Å². The number of rotatable bonds is 4.